The highest BCUT2D eigenvalue weighted by molar-refractivity contribution is 9.10. The molecule has 0 amide bonds. The summed E-state index contributed by atoms with van der Waals surface area (Å²) in [6.45, 7) is 1.87. The maximum atomic E-state index is 9.63. The van der Waals surface area contributed by atoms with Crippen LogP contribution in [0.4, 0.5) is 0 Å². The predicted molar refractivity (Wildman–Crippen MR) is 59.4 cm³/mol. The average Bonchev–Trinajstić information content (AvgIpc) is 2.12. The van der Waals surface area contributed by atoms with E-state index in [-0.39, 0.29) is 0 Å². The molecule has 0 aliphatic heterocycles. The van der Waals surface area contributed by atoms with E-state index in [1.165, 1.54) is 0 Å². The van der Waals surface area contributed by atoms with E-state index in [1.807, 2.05) is 6.92 Å². The summed E-state index contributed by atoms with van der Waals surface area (Å²) in [5, 5.41) is 10.6. The fraction of sp³-hybridized carbons (Fsp3) is 0.333. The maximum Gasteiger partial charge on any atom is 0.0816 e. The van der Waals surface area contributed by atoms with Crippen molar-refractivity contribution in [2.24, 2.45) is 0 Å². The zero-order chi connectivity index (χ0) is 10.0. The lowest BCUT2D eigenvalue weighted by Crippen LogP contribution is -1.97. The van der Waals surface area contributed by atoms with Gasteiger partial charge in [-0.15, -0.1) is 0 Å². The molecule has 0 aliphatic rings. The SMILES string of the molecule is CCC(O)c1c(Cl)ccc(Br)c1Cl. The number of rotatable bonds is 2. The Balaban J connectivity index is 3.25. The smallest absolute Gasteiger partial charge is 0.0816 e. The quantitative estimate of drug-likeness (QED) is 0.807. The molecule has 0 heterocycles. The van der Waals surface area contributed by atoms with Crippen molar-refractivity contribution < 1.29 is 5.11 Å². The Morgan fingerprint density at radius 1 is 1.46 bits per heavy atom. The highest BCUT2D eigenvalue weighted by Crippen LogP contribution is 2.36. The van der Waals surface area contributed by atoms with Gasteiger partial charge in [0.05, 0.1) is 11.1 Å². The average molecular weight is 284 g/mol. The first-order valence-corrected chi connectivity index (χ1v) is 5.44. The van der Waals surface area contributed by atoms with Crippen molar-refractivity contribution in [3.8, 4) is 0 Å². The predicted octanol–water partition coefficient (Wildman–Crippen LogP) is 4.20. The molecule has 0 spiro atoms. The van der Waals surface area contributed by atoms with Crippen LogP contribution in [0.15, 0.2) is 16.6 Å². The van der Waals surface area contributed by atoms with Crippen LogP contribution in [-0.4, -0.2) is 5.11 Å². The van der Waals surface area contributed by atoms with Gasteiger partial charge in [-0.2, -0.15) is 0 Å². The van der Waals surface area contributed by atoms with Gasteiger partial charge >= 0.3 is 0 Å². The van der Waals surface area contributed by atoms with Crippen molar-refractivity contribution in [3.05, 3.63) is 32.2 Å². The Morgan fingerprint density at radius 2 is 2.08 bits per heavy atom. The van der Waals surface area contributed by atoms with E-state index in [4.69, 9.17) is 23.2 Å². The molecule has 0 saturated heterocycles. The maximum absolute atomic E-state index is 9.63. The second kappa shape index (κ2) is 4.65. The normalized spacial score (nSPS) is 13.0. The van der Waals surface area contributed by atoms with E-state index < -0.39 is 6.10 Å². The van der Waals surface area contributed by atoms with Crippen LogP contribution >= 0.6 is 39.1 Å². The van der Waals surface area contributed by atoms with Gasteiger partial charge in [-0.1, -0.05) is 30.1 Å². The molecule has 1 nitrogen and oxygen atoms in total. The van der Waals surface area contributed by atoms with Gasteiger partial charge in [0.25, 0.3) is 0 Å². The standard InChI is InChI=1S/C9H9BrCl2O/c1-2-7(13)8-6(11)4-3-5(10)9(8)12/h3-4,7,13H,2H2,1H3. The van der Waals surface area contributed by atoms with Crippen LogP contribution in [0.2, 0.25) is 10.0 Å². The van der Waals surface area contributed by atoms with Crippen molar-refractivity contribution in [1.82, 2.24) is 0 Å². The lowest BCUT2D eigenvalue weighted by atomic mass is 10.1. The van der Waals surface area contributed by atoms with E-state index >= 15 is 0 Å². The van der Waals surface area contributed by atoms with Gasteiger partial charge < -0.3 is 5.11 Å². The molecular weight excluding hydrogens is 275 g/mol. The minimum Gasteiger partial charge on any atom is -0.388 e. The molecule has 1 aromatic carbocycles. The van der Waals surface area contributed by atoms with E-state index in [9.17, 15) is 5.11 Å². The third-order valence-electron chi connectivity index (χ3n) is 1.80. The van der Waals surface area contributed by atoms with Crippen molar-refractivity contribution in [2.45, 2.75) is 19.4 Å². The zero-order valence-corrected chi connectivity index (χ0v) is 10.1. The molecule has 0 saturated carbocycles. The summed E-state index contributed by atoms with van der Waals surface area (Å²) in [5.41, 5.74) is 0.597. The lowest BCUT2D eigenvalue weighted by Gasteiger charge is -2.13. The molecule has 0 aliphatic carbocycles. The largest absolute Gasteiger partial charge is 0.388 e. The molecule has 1 aromatic rings. The number of halogens is 3. The first-order chi connectivity index (χ1) is 6.07. The van der Waals surface area contributed by atoms with Gasteiger partial charge in [0.15, 0.2) is 0 Å². The summed E-state index contributed by atoms with van der Waals surface area (Å²) in [6.07, 6.45) is -0.00639. The summed E-state index contributed by atoms with van der Waals surface area (Å²) < 4.78 is 0.751. The Labute approximate surface area is 95.8 Å². The molecular formula is C9H9BrCl2O. The number of hydrogen-bond acceptors (Lipinski definition) is 1. The van der Waals surface area contributed by atoms with Gasteiger partial charge in [0.1, 0.15) is 0 Å². The van der Waals surface area contributed by atoms with Crippen LogP contribution < -0.4 is 0 Å². The van der Waals surface area contributed by atoms with Crippen LogP contribution in [0.5, 0.6) is 0 Å². The molecule has 0 fully saturated rings. The van der Waals surface area contributed by atoms with Crippen LogP contribution in [0, 0.1) is 0 Å². The summed E-state index contributed by atoms with van der Waals surface area (Å²) in [6, 6.07) is 3.47. The minimum absolute atomic E-state index is 0.488. The van der Waals surface area contributed by atoms with E-state index in [0.717, 1.165) is 4.47 Å². The van der Waals surface area contributed by atoms with Gasteiger partial charge in [-0.25, -0.2) is 0 Å². The van der Waals surface area contributed by atoms with E-state index in [0.29, 0.717) is 22.0 Å². The van der Waals surface area contributed by atoms with Crippen LogP contribution in [0.3, 0.4) is 0 Å². The van der Waals surface area contributed by atoms with Gasteiger partial charge in [0, 0.05) is 15.1 Å². The third-order valence-corrected chi connectivity index (χ3v) is 3.43. The number of benzene rings is 1. The second-order valence-electron chi connectivity index (χ2n) is 2.68. The van der Waals surface area contributed by atoms with Crippen LogP contribution in [0.25, 0.3) is 0 Å². The molecule has 1 unspecified atom stereocenters. The van der Waals surface area contributed by atoms with Crippen molar-refractivity contribution in [1.29, 1.82) is 0 Å². The molecule has 1 rings (SSSR count). The molecule has 4 heteroatoms. The summed E-state index contributed by atoms with van der Waals surface area (Å²) in [5.74, 6) is 0. The number of aliphatic hydroxyl groups is 1. The first-order valence-electron chi connectivity index (χ1n) is 3.89. The molecule has 0 radical (unpaired) electrons. The topological polar surface area (TPSA) is 20.2 Å². The van der Waals surface area contributed by atoms with Gasteiger partial charge in [-0.3, -0.25) is 0 Å². The van der Waals surface area contributed by atoms with Crippen molar-refractivity contribution >= 4 is 39.1 Å². The number of hydrogen-bond donors (Lipinski definition) is 1. The monoisotopic (exact) mass is 282 g/mol. The Morgan fingerprint density at radius 3 is 2.62 bits per heavy atom. The Kier molecular flexibility index (Phi) is 4.05. The van der Waals surface area contributed by atoms with Gasteiger partial charge in [0.2, 0.25) is 0 Å². The third kappa shape index (κ3) is 2.38. The molecule has 0 bridgehead atoms. The first kappa shape index (κ1) is 11.3. The van der Waals surface area contributed by atoms with Gasteiger partial charge in [-0.05, 0) is 34.5 Å². The molecule has 1 atom stereocenters. The minimum atomic E-state index is -0.600. The summed E-state index contributed by atoms with van der Waals surface area (Å²) >= 11 is 15.2. The van der Waals surface area contributed by atoms with E-state index in [1.54, 1.807) is 12.1 Å². The second-order valence-corrected chi connectivity index (χ2v) is 4.32. The molecule has 72 valence electrons. The number of aliphatic hydroxyl groups excluding tert-OH is 1. The van der Waals surface area contributed by atoms with E-state index in [2.05, 4.69) is 15.9 Å². The van der Waals surface area contributed by atoms with Crippen LogP contribution in [0.1, 0.15) is 25.0 Å². The fourth-order valence-electron chi connectivity index (χ4n) is 1.05. The fourth-order valence-corrected chi connectivity index (χ4v) is 2.02. The highest BCUT2D eigenvalue weighted by atomic mass is 79.9. The van der Waals surface area contributed by atoms with Crippen molar-refractivity contribution in [3.63, 3.8) is 0 Å². The lowest BCUT2D eigenvalue weighted by molar-refractivity contribution is 0.174. The van der Waals surface area contributed by atoms with Crippen molar-refractivity contribution in [2.75, 3.05) is 0 Å². The molecule has 0 aromatic heterocycles. The summed E-state index contributed by atoms with van der Waals surface area (Å²) in [4.78, 5) is 0. The Hall–Kier alpha value is 0.240. The zero-order valence-electron chi connectivity index (χ0n) is 7.02. The molecule has 13 heavy (non-hydrogen) atoms. The Bertz CT molecular complexity index is 315. The van der Waals surface area contributed by atoms with Crippen LogP contribution in [-0.2, 0) is 0 Å². The molecule has 1 N–H and O–H groups in total. The highest BCUT2D eigenvalue weighted by Gasteiger charge is 2.15. The summed E-state index contributed by atoms with van der Waals surface area (Å²) in [7, 11) is 0.